The molecule has 0 saturated heterocycles. The highest BCUT2D eigenvalue weighted by Gasteiger charge is 2.26. The SMILES string of the molecule is Cc1cc(Cl)ccc1NC(=O)[C@H](NC(=O)c1ccccc1F)C(C)C. The van der Waals surface area contributed by atoms with Gasteiger partial charge in [0.25, 0.3) is 5.91 Å². The average molecular weight is 363 g/mol. The Balaban J connectivity index is 2.16. The van der Waals surface area contributed by atoms with Gasteiger partial charge in [0.1, 0.15) is 11.9 Å². The van der Waals surface area contributed by atoms with E-state index in [1.807, 2.05) is 6.92 Å². The van der Waals surface area contributed by atoms with Crippen LogP contribution in [0.3, 0.4) is 0 Å². The van der Waals surface area contributed by atoms with Gasteiger partial charge in [0.2, 0.25) is 5.91 Å². The highest BCUT2D eigenvalue weighted by atomic mass is 35.5. The molecule has 0 unspecified atom stereocenters. The van der Waals surface area contributed by atoms with E-state index in [0.29, 0.717) is 10.7 Å². The van der Waals surface area contributed by atoms with Crippen LogP contribution in [0.25, 0.3) is 0 Å². The molecule has 0 aliphatic rings. The summed E-state index contributed by atoms with van der Waals surface area (Å²) in [7, 11) is 0. The van der Waals surface area contributed by atoms with Crippen molar-refractivity contribution in [2.75, 3.05) is 5.32 Å². The van der Waals surface area contributed by atoms with Crippen molar-refractivity contribution in [3.05, 3.63) is 64.4 Å². The van der Waals surface area contributed by atoms with Crippen LogP contribution in [0.1, 0.15) is 29.8 Å². The second-order valence-corrected chi connectivity index (χ2v) is 6.56. The molecule has 2 aromatic carbocycles. The van der Waals surface area contributed by atoms with Crippen LogP contribution < -0.4 is 10.6 Å². The molecule has 0 saturated carbocycles. The maximum absolute atomic E-state index is 13.8. The van der Waals surface area contributed by atoms with E-state index in [2.05, 4.69) is 10.6 Å². The molecule has 0 bridgehead atoms. The van der Waals surface area contributed by atoms with Gasteiger partial charge in [0, 0.05) is 10.7 Å². The molecule has 0 radical (unpaired) electrons. The fourth-order valence-electron chi connectivity index (χ4n) is 2.38. The zero-order valence-corrected chi connectivity index (χ0v) is 15.0. The Morgan fingerprint density at radius 2 is 1.80 bits per heavy atom. The highest BCUT2D eigenvalue weighted by Crippen LogP contribution is 2.20. The van der Waals surface area contributed by atoms with E-state index in [1.165, 1.54) is 18.2 Å². The third-order valence-electron chi connectivity index (χ3n) is 3.80. The highest BCUT2D eigenvalue weighted by molar-refractivity contribution is 6.30. The zero-order valence-electron chi connectivity index (χ0n) is 14.3. The van der Waals surface area contributed by atoms with E-state index in [9.17, 15) is 14.0 Å². The van der Waals surface area contributed by atoms with Crippen molar-refractivity contribution in [2.24, 2.45) is 5.92 Å². The first-order valence-corrected chi connectivity index (χ1v) is 8.29. The van der Waals surface area contributed by atoms with Gasteiger partial charge in [0.05, 0.1) is 5.56 Å². The summed E-state index contributed by atoms with van der Waals surface area (Å²) >= 11 is 5.91. The number of amides is 2. The maximum Gasteiger partial charge on any atom is 0.254 e. The molecular weight excluding hydrogens is 343 g/mol. The fourth-order valence-corrected chi connectivity index (χ4v) is 2.60. The second kappa shape index (κ2) is 8.12. The van der Waals surface area contributed by atoms with E-state index < -0.39 is 17.8 Å². The number of hydrogen-bond donors (Lipinski definition) is 2. The topological polar surface area (TPSA) is 58.2 Å². The lowest BCUT2D eigenvalue weighted by molar-refractivity contribution is -0.118. The minimum absolute atomic E-state index is 0.0939. The smallest absolute Gasteiger partial charge is 0.254 e. The standard InChI is InChI=1S/C19H20ClFN2O2/c1-11(2)17(23-18(24)14-6-4-5-7-15(14)21)19(25)22-16-9-8-13(20)10-12(16)3/h4-11,17H,1-3H3,(H,22,25)(H,23,24)/t17-/m1/s1. The van der Waals surface area contributed by atoms with Gasteiger partial charge < -0.3 is 10.6 Å². The van der Waals surface area contributed by atoms with Crippen LogP contribution >= 0.6 is 11.6 Å². The molecule has 0 aromatic heterocycles. The summed E-state index contributed by atoms with van der Waals surface area (Å²) in [5, 5.41) is 5.96. The zero-order chi connectivity index (χ0) is 18.6. The number of halogens is 2. The molecule has 0 aliphatic heterocycles. The largest absolute Gasteiger partial charge is 0.340 e. The Morgan fingerprint density at radius 1 is 1.12 bits per heavy atom. The summed E-state index contributed by atoms with van der Waals surface area (Å²) in [5.74, 6) is -1.80. The fraction of sp³-hybridized carbons (Fsp3) is 0.263. The van der Waals surface area contributed by atoms with Gasteiger partial charge in [-0.3, -0.25) is 9.59 Å². The van der Waals surface area contributed by atoms with Gasteiger partial charge in [-0.1, -0.05) is 37.6 Å². The molecule has 2 aromatic rings. The van der Waals surface area contributed by atoms with Crippen LogP contribution in [0.4, 0.5) is 10.1 Å². The van der Waals surface area contributed by atoms with E-state index in [4.69, 9.17) is 11.6 Å². The van der Waals surface area contributed by atoms with Crippen molar-refractivity contribution in [1.29, 1.82) is 0 Å². The number of carbonyl (C=O) groups is 2. The van der Waals surface area contributed by atoms with Crippen molar-refractivity contribution in [2.45, 2.75) is 26.8 Å². The molecule has 4 nitrogen and oxygen atoms in total. The quantitative estimate of drug-likeness (QED) is 0.838. The van der Waals surface area contributed by atoms with Crippen molar-refractivity contribution >= 4 is 29.1 Å². The molecule has 0 heterocycles. The Hall–Kier alpha value is -2.40. The molecule has 6 heteroatoms. The molecule has 25 heavy (non-hydrogen) atoms. The number of nitrogens with one attached hydrogen (secondary N) is 2. The number of aryl methyl sites for hydroxylation is 1. The summed E-state index contributed by atoms with van der Waals surface area (Å²) in [6, 6.07) is 9.96. The Labute approximate surface area is 151 Å². The molecule has 2 amide bonds. The van der Waals surface area contributed by atoms with Gasteiger partial charge in [0.15, 0.2) is 0 Å². The Bertz CT molecular complexity index is 793. The van der Waals surface area contributed by atoms with Gasteiger partial charge in [-0.15, -0.1) is 0 Å². The predicted molar refractivity (Wildman–Crippen MR) is 97.3 cm³/mol. The normalized spacial score (nSPS) is 11.9. The Morgan fingerprint density at radius 3 is 2.40 bits per heavy atom. The van der Waals surface area contributed by atoms with Crippen molar-refractivity contribution in [1.82, 2.24) is 5.32 Å². The van der Waals surface area contributed by atoms with Crippen molar-refractivity contribution < 1.29 is 14.0 Å². The van der Waals surface area contributed by atoms with Gasteiger partial charge in [-0.2, -0.15) is 0 Å². The summed E-state index contributed by atoms with van der Waals surface area (Å²) in [5.41, 5.74) is 1.33. The molecule has 2 rings (SSSR count). The summed E-state index contributed by atoms with van der Waals surface area (Å²) < 4.78 is 13.8. The molecule has 2 N–H and O–H groups in total. The third-order valence-corrected chi connectivity index (χ3v) is 4.04. The van der Waals surface area contributed by atoms with Crippen LogP contribution in [-0.2, 0) is 4.79 Å². The second-order valence-electron chi connectivity index (χ2n) is 6.12. The number of hydrogen-bond acceptors (Lipinski definition) is 2. The van der Waals surface area contributed by atoms with E-state index >= 15 is 0 Å². The summed E-state index contributed by atoms with van der Waals surface area (Å²) in [6.45, 7) is 5.44. The van der Waals surface area contributed by atoms with E-state index in [1.54, 1.807) is 38.1 Å². The van der Waals surface area contributed by atoms with Crippen LogP contribution in [0.2, 0.25) is 5.02 Å². The lowest BCUT2D eigenvalue weighted by Gasteiger charge is -2.22. The van der Waals surface area contributed by atoms with Crippen molar-refractivity contribution in [3.8, 4) is 0 Å². The van der Waals surface area contributed by atoms with Crippen molar-refractivity contribution in [3.63, 3.8) is 0 Å². The van der Waals surface area contributed by atoms with E-state index in [0.717, 1.165) is 5.56 Å². The molecular formula is C19H20ClFN2O2. The first-order chi connectivity index (χ1) is 11.8. The lowest BCUT2D eigenvalue weighted by Crippen LogP contribution is -2.47. The average Bonchev–Trinajstić information content (AvgIpc) is 2.55. The molecule has 0 fully saturated rings. The first kappa shape index (κ1) is 18.9. The van der Waals surface area contributed by atoms with Crippen LogP contribution in [0.15, 0.2) is 42.5 Å². The number of rotatable bonds is 5. The van der Waals surface area contributed by atoms with Crippen LogP contribution in [-0.4, -0.2) is 17.9 Å². The first-order valence-electron chi connectivity index (χ1n) is 7.92. The predicted octanol–water partition coefficient (Wildman–Crippen LogP) is 4.18. The molecule has 0 aliphatic carbocycles. The molecule has 132 valence electrons. The van der Waals surface area contributed by atoms with Crippen LogP contribution in [0.5, 0.6) is 0 Å². The molecule has 0 spiro atoms. The van der Waals surface area contributed by atoms with Gasteiger partial charge >= 0.3 is 0 Å². The minimum Gasteiger partial charge on any atom is -0.340 e. The molecule has 1 atom stereocenters. The Kier molecular flexibility index (Phi) is 6.15. The van der Waals surface area contributed by atoms with Crippen LogP contribution in [0, 0.1) is 18.7 Å². The summed E-state index contributed by atoms with van der Waals surface area (Å²) in [6.07, 6.45) is 0. The van der Waals surface area contributed by atoms with Gasteiger partial charge in [-0.05, 0) is 48.7 Å². The lowest BCUT2D eigenvalue weighted by atomic mass is 10.0. The minimum atomic E-state index is -0.804. The van der Waals surface area contributed by atoms with Gasteiger partial charge in [-0.25, -0.2) is 4.39 Å². The third kappa shape index (κ3) is 4.79. The van der Waals surface area contributed by atoms with E-state index in [-0.39, 0.29) is 17.4 Å². The maximum atomic E-state index is 13.8. The number of benzene rings is 2. The number of anilines is 1. The monoisotopic (exact) mass is 362 g/mol. The number of carbonyl (C=O) groups excluding carboxylic acids is 2. The summed E-state index contributed by atoms with van der Waals surface area (Å²) in [4.78, 5) is 24.9.